The van der Waals surface area contributed by atoms with Crippen LogP contribution in [0.3, 0.4) is 0 Å². The highest BCUT2D eigenvalue weighted by Gasteiger charge is 2.45. The average molecular weight is 444 g/mol. The van der Waals surface area contributed by atoms with Gasteiger partial charge in [-0.3, -0.25) is 9.59 Å². The number of thiazole rings is 1. The standard InChI is InChI=1S/C24H33N3O3S/c1-13(15-6-8-16(9-7-15)21-14(2)26-12-31-21)27-23(30)19-11-17(28)10-18(19)20(29)22(25)24(3,4)5/h6-9,12-13,17-19,22,28H,10-11,25H2,1-5H3,(H,27,30)/t13-,17-,18?,19+,22+/m0/s1. The zero-order valence-corrected chi connectivity index (χ0v) is 19.7. The number of aryl methyl sites for hydroxylation is 1. The van der Waals surface area contributed by atoms with Gasteiger partial charge in [0.2, 0.25) is 5.91 Å². The summed E-state index contributed by atoms with van der Waals surface area (Å²) in [6.45, 7) is 9.65. The molecule has 168 valence electrons. The quantitative estimate of drug-likeness (QED) is 0.632. The van der Waals surface area contributed by atoms with Crippen LogP contribution in [0.15, 0.2) is 29.8 Å². The Morgan fingerprint density at radius 3 is 2.35 bits per heavy atom. The first-order valence-corrected chi connectivity index (χ1v) is 11.6. The van der Waals surface area contributed by atoms with Gasteiger partial charge in [-0.25, -0.2) is 4.98 Å². The normalized spacial score (nSPS) is 23.4. The molecule has 1 amide bonds. The predicted molar refractivity (Wildman–Crippen MR) is 124 cm³/mol. The lowest BCUT2D eigenvalue weighted by atomic mass is 9.78. The molecule has 6 nitrogen and oxygen atoms in total. The van der Waals surface area contributed by atoms with Crippen LogP contribution in [0, 0.1) is 24.2 Å². The Kier molecular flexibility index (Phi) is 6.98. The van der Waals surface area contributed by atoms with Crippen molar-refractivity contribution < 1.29 is 14.7 Å². The summed E-state index contributed by atoms with van der Waals surface area (Å²) in [6, 6.07) is 7.19. The number of nitrogens with two attached hydrogens (primary N) is 1. The number of nitrogens with one attached hydrogen (secondary N) is 1. The number of hydrogen-bond donors (Lipinski definition) is 3. The van der Waals surface area contributed by atoms with Gasteiger partial charge in [-0.05, 0) is 43.2 Å². The van der Waals surface area contributed by atoms with Crippen LogP contribution in [0.4, 0.5) is 0 Å². The van der Waals surface area contributed by atoms with Crippen molar-refractivity contribution in [2.24, 2.45) is 23.0 Å². The molecule has 1 aromatic carbocycles. The van der Waals surface area contributed by atoms with Crippen LogP contribution in [0.1, 0.15) is 57.8 Å². The van der Waals surface area contributed by atoms with Gasteiger partial charge in [-0.15, -0.1) is 11.3 Å². The number of Topliss-reactive ketones (excluding diaryl/α,β-unsaturated/α-hetero) is 1. The molecule has 0 spiro atoms. The summed E-state index contributed by atoms with van der Waals surface area (Å²) in [4.78, 5) is 31.4. The van der Waals surface area contributed by atoms with Gasteiger partial charge in [0.05, 0.1) is 40.2 Å². The molecule has 0 bridgehead atoms. The van der Waals surface area contributed by atoms with Crippen molar-refractivity contribution in [1.29, 1.82) is 0 Å². The van der Waals surface area contributed by atoms with Gasteiger partial charge < -0.3 is 16.2 Å². The van der Waals surface area contributed by atoms with Gasteiger partial charge in [-0.1, -0.05) is 45.0 Å². The molecular formula is C24H33N3O3S. The third kappa shape index (κ3) is 5.22. The molecule has 7 heteroatoms. The molecule has 31 heavy (non-hydrogen) atoms. The highest BCUT2D eigenvalue weighted by molar-refractivity contribution is 7.13. The fourth-order valence-electron chi connectivity index (χ4n) is 4.18. The molecule has 1 saturated carbocycles. The number of carbonyl (C=O) groups is 2. The zero-order valence-electron chi connectivity index (χ0n) is 18.9. The Morgan fingerprint density at radius 1 is 1.19 bits per heavy atom. The maximum absolute atomic E-state index is 13.0. The molecule has 4 N–H and O–H groups in total. The second kappa shape index (κ2) is 9.18. The maximum atomic E-state index is 13.0. The van der Waals surface area contributed by atoms with Crippen molar-refractivity contribution in [1.82, 2.24) is 10.3 Å². The number of carbonyl (C=O) groups excluding carboxylic acids is 2. The van der Waals surface area contributed by atoms with Gasteiger partial charge in [0.1, 0.15) is 0 Å². The Labute approximate surface area is 188 Å². The summed E-state index contributed by atoms with van der Waals surface area (Å²) in [7, 11) is 0. The predicted octanol–water partition coefficient (Wildman–Crippen LogP) is 3.63. The van der Waals surface area contributed by atoms with E-state index in [2.05, 4.69) is 10.3 Å². The van der Waals surface area contributed by atoms with Crippen LogP contribution >= 0.6 is 11.3 Å². The van der Waals surface area contributed by atoms with Crippen LogP contribution in [0.2, 0.25) is 0 Å². The average Bonchev–Trinajstić information content (AvgIpc) is 3.31. The second-order valence-corrected chi connectivity index (χ2v) is 10.6. The minimum atomic E-state index is -0.668. The lowest BCUT2D eigenvalue weighted by molar-refractivity contribution is -0.134. The van der Waals surface area contributed by atoms with Crippen LogP contribution in [-0.2, 0) is 9.59 Å². The molecule has 1 unspecified atom stereocenters. The van der Waals surface area contributed by atoms with Gasteiger partial charge in [0.15, 0.2) is 5.78 Å². The van der Waals surface area contributed by atoms with Crippen LogP contribution in [-0.4, -0.2) is 33.9 Å². The molecular weight excluding hydrogens is 410 g/mol. The molecule has 1 aromatic heterocycles. The van der Waals surface area contributed by atoms with Crippen molar-refractivity contribution in [3.8, 4) is 10.4 Å². The number of benzene rings is 1. The highest BCUT2D eigenvalue weighted by Crippen LogP contribution is 2.36. The SMILES string of the molecule is Cc1ncsc1-c1ccc([C@H](C)NC(=O)[C@@H]2C[C@@H](O)CC2C(=O)[C@@H](N)C(C)(C)C)cc1. The first kappa shape index (κ1) is 23.6. The molecule has 5 atom stereocenters. The van der Waals surface area contributed by atoms with Crippen molar-refractivity contribution in [2.45, 2.75) is 65.6 Å². The number of aromatic nitrogens is 1. The van der Waals surface area contributed by atoms with E-state index in [1.165, 1.54) is 0 Å². The second-order valence-electron chi connectivity index (χ2n) is 9.70. The number of hydrogen-bond acceptors (Lipinski definition) is 6. The highest BCUT2D eigenvalue weighted by atomic mass is 32.1. The van der Waals surface area contributed by atoms with Gasteiger partial charge in [-0.2, -0.15) is 0 Å². The Hall–Kier alpha value is -2.09. The molecule has 0 aliphatic heterocycles. The number of nitrogens with zero attached hydrogens (tertiary/aromatic N) is 1. The summed E-state index contributed by atoms with van der Waals surface area (Å²) in [5.41, 5.74) is 10.7. The molecule has 1 aliphatic carbocycles. The molecule has 0 saturated heterocycles. The fourth-order valence-corrected chi connectivity index (χ4v) is 4.99. The first-order valence-electron chi connectivity index (χ1n) is 10.8. The van der Waals surface area contributed by atoms with Gasteiger partial charge in [0.25, 0.3) is 0 Å². The number of amides is 1. The lowest BCUT2D eigenvalue weighted by Gasteiger charge is -2.30. The van der Waals surface area contributed by atoms with E-state index < -0.39 is 29.4 Å². The molecule has 1 aliphatic rings. The monoisotopic (exact) mass is 443 g/mol. The van der Waals surface area contributed by atoms with Crippen molar-refractivity contribution in [2.75, 3.05) is 0 Å². The van der Waals surface area contributed by atoms with Crippen molar-refractivity contribution in [3.63, 3.8) is 0 Å². The topological polar surface area (TPSA) is 105 Å². The van der Waals surface area contributed by atoms with Crippen LogP contribution in [0.25, 0.3) is 10.4 Å². The Morgan fingerprint density at radius 2 is 1.81 bits per heavy atom. The van der Waals surface area contributed by atoms with E-state index in [1.54, 1.807) is 11.3 Å². The lowest BCUT2D eigenvalue weighted by Crippen LogP contribution is -2.48. The fraction of sp³-hybridized carbons (Fsp3) is 0.542. The van der Waals surface area contributed by atoms with E-state index >= 15 is 0 Å². The smallest absolute Gasteiger partial charge is 0.224 e. The Balaban J connectivity index is 1.69. The van der Waals surface area contributed by atoms with Crippen LogP contribution in [0.5, 0.6) is 0 Å². The summed E-state index contributed by atoms with van der Waals surface area (Å²) in [5.74, 6) is -1.45. The van der Waals surface area contributed by atoms with E-state index in [-0.39, 0.29) is 30.6 Å². The number of rotatable bonds is 6. The van der Waals surface area contributed by atoms with Crippen molar-refractivity contribution >= 4 is 23.0 Å². The summed E-state index contributed by atoms with van der Waals surface area (Å²) in [6.07, 6.45) is -0.0815. The zero-order chi connectivity index (χ0) is 22.9. The molecule has 2 aromatic rings. The minimum Gasteiger partial charge on any atom is -0.393 e. The van der Waals surface area contributed by atoms with Gasteiger partial charge >= 0.3 is 0 Å². The third-order valence-corrected chi connectivity index (χ3v) is 7.23. The molecule has 0 radical (unpaired) electrons. The number of ketones is 1. The largest absolute Gasteiger partial charge is 0.393 e. The van der Waals surface area contributed by atoms with E-state index in [4.69, 9.17) is 5.73 Å². The van der Waals surface area contributed by atoms with E-state index in [0.29, 0.717) is 0 Å². The maximum Gasteiger partial charge on any atom is 0.224 e. The first-order chi connectivity index (χ1) is 14.5. The van der Waals surface area contributed by atoms with Gasteiger partial charge in [0, 0.05) is 5.92 Å². The summed E-state index contributed by atoms with van der Waals surface area (Å²) in [5, 5.41) is 13.2. The van der Waals surface area contributed by atoms with E-state index in [1.807, 2.05) is 64.4 Å². The van der Waals surface area contributed by atoms with Crippen molar-refractivity contribution in [3.05, 3.63) is 41.0 Å². The number of aliphatic hydroxyl groups excluding tert-OH is 1. The van der Waals surface area contributed by atoms with E-state index in [0.717, 1.165) is 21.7 Å². The van der Waals surface area contributed by atoms with Crippen LogP contribution < -0.4 is 11.1 Å². The third-order valence-electron chi connectivity index (χ3n) is 6.26. The summed E-state index contributed by atoms with van der Waals surface area (Å²) < 4.78 is 0. The molecule has 1 fully saturated rings. The summed E-state index contributed by atoms with van der Waals surface area (Å²) >= 11 is 1.60. The molecule has 3 rings (SSSR count). The van der Waals surface area contributed by atoms with E-state index in [9.17, 15) is 14.7 Å². The minimum absolute atomic E-state index is 0.138. The Bertz CT molecular complexity index is 932. The number of aliphatic hydroxyl groups is 1. The molecule has 1 heterocycles.